The highest BCUT2D eigenvalue weighted by molar-refractivity contribution is 5.25. The second-order valence-corrected chi connectivity index (χ2v) is 2.89. The zero-order valence-corrected chi connectivity index (χ0v) is 6.41. The van der Waals surface area contributed by atoms with Crippen molar-refractivity contribution < 1.29 is 0 Å². The first-order chi connectivity index (χ1) is 5.40. The summed E-state index contributed by atoms with van der Waals surface area (Å²) in [4.78, 5) is 0. The molecule has 2 unspecified atom stereocenters. The number of nitrogens with one attached hydrogen (secondary N) is 2. The van der Waals surface area contributed by atoms with Gasteiger partial charge < -0.3 is 5.32 Å². The fourth-order valence-electron chi connectivity index (χ4n) is 1.26. The summed E-state index contributed by atoms with van der Waals surface area (Å²) >= 11 is 0. The van der Waals surface area contributed by atoms with Crippen LogP contribution in [0.15, 0.2) is 0 Å². The second kappa shape index (κ2) is 2.48. The van der Waals surface area contributed by atoms with E-state index in [0.717, 1.165) is 5.92 Å². The molecule has 2 atom stereocenters. The molecule has 1 fully saturated rings. The molecule has 2 rings (SSSR count). The van der Waals surface area contributed by atoms with Gasteiger partial charge in [-0.1, -0.05) is 18.4 Å². The summed E-state index contributed by atoms with van der Waals surface area (Å²) in [5.41, 5.74) is 0. The minimum atomic E-state index is 0.581. The molecule has 1 aromatic heterocycles. The number of tetrazole rings is 1. The van der Waals surface area contributed by atoms with Crippen LogP contribution in [0.3, 0.4) is 0 Å². The molecule has 1 aliphatic rings. The van der Waals surface area contributed by atoms with Crippen LogP contribution in [0, 0.1) is 5.92 Å². The summed E-state index contributed by atoms with van der Waals surface area (Å²) in [6, 6.07) is 0.581. The number of hydrogen-bond acceptors (Lipinski definition) is 4. The van der Waals surface area contributed by atoms with Gasteiger partial charge in [-0.3, -0.25) is 0 Å². The minimum Gasteiger partial charge on any atom is -0.349 e. The Hall–Kier alpha value is -1.13. The first-order valence-corrected chi connectivity index (χ1v) is 3.90. The zero-order valence-electron chi connectivity index (χ0n) is 6.41. The molecule has 0 aliphatic heterocycles. The fourth-order valence-corrected chi connectivity index (χ4v) is 1.26. The standard InChI is InChI=1S/C6H11N5/c1-2-4-3-5(4)7-6-8-10-11-9-6/h4-5H,2-3H2,1H3,(H2,7,8,9,10,11). The molecular weight excluding hydrogens is 142 g/mol. The quantitative estimate of drug-likeness (QED) is 0.660. The maximum atomic E-state index is 3.81. The average Bonchev–Trinajstić information content (AvgIpc) is 2.54. The van der Waals surface area contributed by atoms with Crippen molar-refractivity contribution in [1.82, 2.24) is 20.6 Å². The molecule has 0 bridgehead atoms. The Morgan fingerprint density at radius 1 is 1.73 bits per heavy atom. The van der Waals surface area contributed by atoms with Crippen LogP contribution in [0.2, 0.25) is 0 Å². The summed E-state index contributed by atoms with van der Waals surface area (Å²) in [5.74, 6) is 1.43. The van der Waals surface area contributed by atoms with Crippen LogP contribution in [0.25, 0.3) is 0 Å². The Bertz CT molecular complexity index is 219. The zero-order chi connectivity index (χ0) is 7.68. The van der Waals surface area contributed by atoms with Crippen molar-refractivity contribution >= 4 is 5.95 Å². The van der Waals surface area contributed by atoms with Gasteiger partial charge in [-0.2, -0.15) is 5.21 Å². The van der Waals surface area contributed by atoms with Gasteiger partial charge in [0.2, 0.25) is 0 Å². The lowest BCUT2D eigenvalue weighted by Gasteiger charge is -1.95. The molecule has 0 aromatic carbocycles. The fraction of sp³-hybridized carbons (Fsp3) is 0.833. The van der Waals surface area contributed by atoms with E-state index < -0.39 is 0 Å². The van der Waals surface area contributed by atoms with Crippen molar-refractivity contribution in [2.75, 3.05) is 5.32 Å². The van der Waals surface area contributed by atoms with Gasteiger partial charge in [-0.25, -0.2) is 0 Å². The van der Waals surface area contributed by atoms with Gasteiger partial charge in [0.1, 0.15) is 0 Å². The Labute approximate surface area is 64.6 Å². The van der Waals surface area contributed by atoms with E-state index in [9.17, 15) is 0 Å². The number of H-pyrrole nitrogens is 1. The normalized spacial score (nSPS) is 28.5. The molecule has 0 radical (unpaired) electrons. The number of nitrogens with zero attached hydrogens (tertiary/aromatic N) is 3. The first-order valence-electron chi connectivity index (χ1n) is 3.90. The van der Waals surface area contributed by atoms with Crippen LogP contribution in [-0.4, -0.2) is 26.7 Å². The van der Waals surface area contributed by atoms with Crippen LogP contribution in [0.1, 0.15) is 19.8 Å². The Balaban J connectivity index is 1.85. The lowest BCUT2D eigenvalue weighted by atomic mass is 10.3. The van der Waals surface area contributed by atoms with E-state index in [1.165, 1.54) is 12.8 Å². The van der Waals surface area contributed by atoms with E-state index in [-0.39, 0.29) is 0 Å². The maximum Gasteiger partial charge on any atom is 0.263 e. The van der Waals surface area contributed by atoms with Crippen molar-refractivity contribution in [2.45, 2.75) is 25.8 Å². The van der Waals surface area contributed by atoms with Crippen LogP contribution in [0.5, 0.6) is 0 Å². The van der Waals surface area contributed by atoms with Gasteiger partial charge in [-0.15, -0.1) is 5.10 Å². The molecule has 1 heterocycles. The highest BCUT2D eigenvalue weighted by Gasteiger charge is 2.35. The van der Waals surface area contributed by atoms with Gasteiger partial charge in [0.05, 0.1) is 0 Å². The molecule has 2 N–H and O–H groups in total. The van der Waals surface area contributed by atoms with Gasteiger partial charge in [0.15, 0.2) is 0 Å². The molecule has 1 saturated carbocycles. The van der Waals surface area contributed by atoms with E-state index in [1.807, 2.05) is 0 Å². The van der Waals surface area contributed by atoms with Crippen molar-refractivity contribution in [3.05, 3.63) is 0 Å². The molecule has 1 aliphatic carbocycles. The van der Waals surface area contributed by atoms with Crippen LogP contribution in [-0.2, 0) is 0 Å². The summed E-state index contributed by atoms with van der Waals surface area (Å²) in [7, 11) is 0. The predicted molar refractivity (Wildman–Crippen MR) is 40.0 cm³/mol. The third-order valence-corrected chi connectivity index (χ3v) is 2.11. The van der Waals surface area contributed by atoms with Crippen LogP contribution >= 0.6 is 0 Å². The van der Waals surface area contributed by atoms with Crippen molar-refractivity contribution in [1.29, 1.82) is 0 Å². The summed E-state index contributed by atoms with van der Waals surface area (Å²) < 4.78 is 0. The summed E-state index contributed by atoms with van der Waals surface area (Å²) in [5, 5.41) is 16.7. The van der Waals surface area contributed by atoms with Gasteiger partial charge in [0.25, 0.3) is 5.95 Å². The lowest BCUT2D eigenvalue weighted by Crippen LogP contribution is -2.05. The first kappa shape index (κ1) is 6.57. The molecule has 60 valence electrons. The summed E-state index contributed by atoms with van der Waals surface area (Å²) in [6.45, 7) is 2.20. The monoisotopic (exact) mass is 153 g/mol. The van der Waals surface area contributed by atoms with E-state index in [0.29, 0.717) is 12.0 Å². The van der Waals surface area contributed by atoms with Crippen molar-refractivity contribution in [2.24, 2.45) is 5.92 Å². The molecular formula is C6H11N5. The molecule has 11 heavy (non-hydrogen) atoms. The average molecular weight is 153 g/mol. The maximum absolute atomic E-state index is 3.81. The Kier molecular flexibility index (Phi) is 1.48. The van der Waals surface area contributed by atoms with E-state index in [1.54, 1.807) is 0 Å². The third kappa shape index (κ3) is 1.31. The summed E-state index contributed by atoms with van der Waals surface area (Å²) in [6.07, 6.45) is 2.47. The van der Waals surface area contributed by atoms with Gasteiger partial charge in [-0.05, 0) is 17.6 Å². The van der Waals surface area contributed by atoms with E-state index in [2.05, 4.69) is 32.9 Å². The number of aromatic nitrogens is 4. The van der Waals surface area contributed by atoms with E-state index in [4.69, 9.17) is 0 Å². The second-order valence-electron chi connectivity index (χ2n) is 2.89. The smallest absolute Gasteiger partial charge is 0.263 e. The molecule has 5 nitrogen and oxygen atoms in total. The molecule has 0 spiro atoms. The SMILES string of the molecule is CCC1CC1Nc1nn[nH]n1. The molecule has 0 amide bonds. The largest absolute Gasteiger partial charge is 0.349 e. The van der Waals surface area contributed by atoms with Gasteiger partial charge in [0, 0.05) is 6.04 Å². The minimum absolute atomic E-state index is 0.581. The van der Waals surface area contributed by atoms with Gasteiger partial charge >= 0.3 is 0 Å². The molecule has 1 aromatic rings. The van der Waals surface area contributed by atoms with Crippen molar-refractivity contribution in [3.8, 4) is 0 Å². The number of rotatable bonds is 3. The molecule has 0 saturated heterocycles. The van der Waals surface area contributed by atoms with Crippen LogP contribution < -0.4 is 5.32 Å². The van der Waals surface area contributed by atoms with Crippen LogP contribution in [0.4, 0.5) is 5.95 Å². The highest BCUT2D eigenvalue weighted by atomic mass is 15.5. The number of aromatic amines is 1. The highest BCUT2D eigenvalue weighted by Crippen LogP contribution is 2.34. The Morgan fingerprint density at radius 2 is 2.64 bits per heavy atom. The predicted octanol–water partition coefficient (Wildman–Crippen LogP) is 0.410. The van der Waals surface area contributed by atoms with Crippen molar-refractivity contribution in [3.63, 3.8) is 0 Å². The number of hydrogen-bond donors (Lipinski definition) is 2. The Morgan fingerprint density at radius 3 is 3.18 bits per heavy atom. The van der Waals surface area contributed by atoms with E-state index >= 15 is 0 Å². The lowest BCUT2D eigenvalue weighted by molar-refractivity contribution is 0.771. The number of anilines is 1. The third-order valence-electron chi connectivity index (χ3n) is 2.11. The topological polar surface area (TPSA) is 66.5 Å². The molecule has 5 heteroatoms.